The third-order valence-electron chi connectivity index (χ3n) is 4.04. The molecule has 0 spiro atoms. The number of thiazole rings is 1. The van der Waals surface area contributed by atoms with Gasteiger partial charge in [0.15, 0.2) is 0 Å². The average Bonchev–Trinajstić information content (AvgIpc) is 2.72. The lowest BCUT2D eigenvalue weighted by atomic mass is 9.90. The second kappa shape index (κ2) is 4.94. The van der Waals surface area contributed by atoms with Gasteiger partial charge < -0.3 is 9.88 Å². The van der Waals surface area contributed by atoms with E-state index in [0.717, 1.165) is 13.0 Å². The van der Waals surface area contributed by atoms with Gasteiger partial charge in [0.05, 0.1) is 0 Å². The van der Waals surface area contributed by atoms with Crippen molar-refractivity contribution in [2.75, 3.05) is 19.6 Å². The van der Waals surface area contributed by atoms with Gasteiger partial charge in [-0.05, 0) is 45.2 Å². The van der Waals surface area contributed by atoms with Crippen molar-refractivity contribution in [2.24, 2.45) is 0 Å². The highest BCUT2D eigenvalue weighted by molar-refractivity contribution is 7.09. The van der Waals surface area contributed by atoms with E-state index in [4.69, 9.17) is 0 Å². The molecule has 1 fully saturated rings. The molecule has 3 nitrogen and oxygen atoms in total. The van der Waals surface area contributed by atoms with Gasteiger partial charge in [0.1, 0.15) is 0 Å². The number of aromatic amines is 1. The third kappa shape index (κ3) is 2.47. The molecule has 0 unspecified atom stereocenters. The van der Waals surface area contributed by atoms with Gasteiger partial charge in [-0.15, -0.1) is 0 Å². The minimum atomic E-state index is 0.139. The highest BCUT2D eigenvalue weighted by Gasteiger charge is 2.25. The van der Waals surface area contributed by atoms with E-state index in [1.807, 2.05) is 0 Å². The van der Waals surface area contributed by atoms with Gasteiger partial charge in [-0.3, -0.25) is 4.79 Å². The van der Waals surface area contributed by atoms with Crippen LogP contribution in [0, 0.1) is 0 Å². The van der Waals surface area contributed by atoms with E-state index >= 15 is 0 Å². The van der Waals surface area contributed by atoms with Crippen LogP contribution in [0.4, 0.5) is 0 Å². The van der Waals surface area contributed by atoms with Crippen molar-refractivity contribution < 1.29 is 0 Å². The fourth-order valence-corrected chi connectivity index (χ4v) is 4.14. The van der Waals surface area contributed by atoms with E-state index in [1.54, 1.807) is 0 Å². The van der Waals surface area contributed by atoms with Gasteiger partial charge >= 0.3 is 4.87 Å². The molecule has 17 heavy (non-hydrogen) atoms. The number of aromatic nitrogens is 1. The summed E-state index contributed by atoms with van der Waals surface area (Å²) < 4.78 is 0. The van der Waals surface area contributed by atoms with Crippen LogP contribution in [-0.4, -0.2) is 29.5 Å². The van der Waals surface area contributed by atoms with Gasteiger partial charge in [-0.2, -0.15) is 0 Å². The van der Waals surface area contributed by atoms with Gasteiger partial charge in [0.25, 0.3) is 0 Å². The summed E-state index contributed by atoms with van der Waals surface area (Å²) in [6.45, 7) is 3.65. The monoisotopic (exact) mass is 252 g/mol. The van der Waals surface area contributed by atoms with Crippen molar-refractivity contribution in [3.8, 4) is 0 Å². The molecule has 1 saturated heterocycles. The zero-order chi connectivity index (χ0) is 11.7. The smallest absolute Gasteiger partial charge is 0.304 e. The molecule has 94 valence electrons. The number of piperidine rings is 1. The first-order valence-corrected chi connectivity index (χ1v) is 7.59. The molecule has 1 aliphatic carbocycles. The summed E-state index contributed by atoms with van der Waals surface area (Å²) in [5.41, 5.74) is 1.26. The maximum Gasteiger partial charge on any atom is 0.304 e. The third-order valence-corrected chi connectivity index (χ3v) is 5.00. The van der Waals surface area contributed by atoms with E-state index < -0.39 is 0 Å². The molecule has 2 aliphatic rings. The first kappa shape index (κ1) is 11.5. The summed E-state index contributed by atoms with van der Waals surface area (Å²) in [6.07, 6.45) is 7.69. The summed E-state index contributed by atoms with van der Waals surface area (Å²) in [5, 5.41) is 0. The Labute approximate surface area is 106 Å². The Morgan fingerprint density at radius 2 is 2.06 bits per heavy atom. The van der Waals surface area contributed by atoms with Crippen molar-refractivity contribution in [3.05, 3.63) is 20.2 Å². The molecule has 1 atom stereocenters. The van der Waals surface area contributed by atoms with Crippen LogP contribution in [0.15, 0.2) is 4.79 Å². The molecule has 1 N–H and O–H groups in total. The minimum Gasteiger partial charge on any atom is -0.316 e. The molecule has 4 heteroatoms. The Kier molecular flexibility index (Phi) is 3.34. The Morgan fingerprint density at radius 1 is 1.24 bits per heavy atom. The van der Waals surface area contributed by atoms with Crippen molar-refractivity contribution >= 4 is 11.3 Å². The molecule has 0 radical (unpaired) electrons. The molecule has 1 aliphatic heterocycles. The Balaban J connectivity index is 1.73. The van der Waals surface area contributed by atoms with Crippen molar-refractivity contribution in [1.82, 2.24) is 9.88 Å². The van der Waals surface area contributed by atoms with Gasteiger partial charge in [0.2, 0.25) is 0 Å². The SMILES string of the molecule is O=c1[nH]c2c(s1)CCC[C@H]2CN1CCCCC1. The zero-order valence-corrected chi connectivity index (χ0v) is 11.0. The van der Waals surface area contributed by atoms with E-state index in [9.17, 15) is 4.79 Å². The van der Waals surface area contributed by atoms with E-state index in [1.165, 1.54) is 67.1 Å². The Morgan fingerprint density at radius 3 is 2.88 bits per heavy atom. The maximum atomic E-state index is 11.4. The number of H-pyrrole nitrogens is 1. The molecule has 0 saturated carbocycles. The van der Waals surface area contributed by atoms with Gasteiger partial charge in [-0.25, -0.2) is 0 Å². The number of nitrogens with one attached hydrogen (secondary N) is 1. The second-order valence-corrected chi connectivity index (χ2v) is 6.37. The highest BCUT2D eigenvalue weighted by Crippen LogP contribution is 2.32. The summed E-state index contributed by atoms with van der Waals surface area (Å²) in [4.78, 5) is 18.6. The predicted molar refractivity (Wildman–Crippen MR) is 70.9 cm³/mol. The number of fused-ring (bicyclic) bond motifs is 1. The van der Waals surface area contributed by atoms with E-state index in [0.29, 0.717) is 5.92 Å². The van der Waals surface area contributed by atoms with Crippen LogP contribution in [0.3, 0.4) is 0 Å². The topological polar surface area (TPSA) is 36.1 Å². The quantitative estimate of drug-likeness (QED) is 0.877. The highest BCUT2D eigenvalue weighted by atomic mass is 32.1. The summed E-state index contributed by atoms with van der Waals surface area (Å²) in [7, 11) is 0. The fourth-order valence-electron chi connectivity index (χ4n) is 3.18. The fraction of sp³-hybridized carbons (Fsp3) is 0.769. The number of likely N-dealkylation sites (tertiary alicyclic amines) is 1. The molecule has 0 amide bonds. The second-order valence-electron chi connectivity index (χ2n) is 5.30. The lowest BCUT2D eigenvalue weighted by Gasteiger charge is -2.31. The first-order chi connectivity index (χ1) is 8.33. The van der Waals surface area contributed by atoms with Crippen molar-refractivity contribution in [3.63, 3.8) is 0 Å². The van der Waals surface area contributed by atoms with Gasteiger partial charge in [-0.1, -0.05) is 17.8 Å². The molecule has 0 aromatic carbocycles. The summed E-state index contributed by atoms with van der Waals surface area (Å²) in [5.74, 6) is 0.579. The van der Waals surface area contributed by atoms with Crippen LogP contribution in [0.2, 0.25) is 0 Å². The molecular weight excluding hydrogens is 232 g/mol. The lowest BCUT2D eigenvalue weighted by Crippen LogP contribution is -2.34. The zero-order valence-electron chi connectivity index (χ0n) is 10.2. The number of hydrogen-bond donors (Lipinski definition) is 1. The number of hydrogen-bond acceptors (Lipinski definition) is 3. The van der Waals surface area contributed by atoms with Crippen LogP contribution in [0.25, 0.3) is 0 Å². The van der Waals surface area contributed by atoms with Crippen LogP contribution in [-0.2, 0) is 6.42 Å². The number of aryl methyl sites for hydroxylation is 1. The largest absolute Gasteiger partial charge is 0.316 e. The molecule has 2 heterocycles. The van der Waals surface area contributed by atoms with Crippen LogP contribution in [0.5, 0.6) is 0 Å². The van der Waals surface area contributed by atoms with Gasteiger partial charge in [0, 0.05) is 23.0 Å². The maximum absolute atomic E-state index is 11.4. The normalized spacial score (nSPS) is 25.8. The van der Waals surface area contributed by atoms with Crippen LogP contribution in [0.1, 0.15) is 48.6 Å². The molecule has 1 aromatic heterocycles. The predicted octanol–water partition coefficient (Wildman–Crippen LogP) is 2.34. The summed E-state index contributed by atoms with van der Waals surface area (Å²) in [6, 6.07) is 0. The van der Waals surface area contributed by atoms with Crippen molar-refractivity contribution in [1.29, 1.82) is 0 Å². The Bertz CT molecular complexity index is 431. The molecule has 1 aromatic rings. The van der Waals surface area contributed by atoms with Crippen LogP contribution >= 0.6 is 11.3 Å². The van der Waals surface area contributed by atoms with E-state index in [2.05, 4.69) is 9.88 Å². The Hall–Kier alpha value is -0.610. The molecular formula is C13H20N2OS. The average molecular weight is 252 g/mol. The minimum absolute atomic E-state index is 0.139. The summed E-state index contributed by atoms with van der Waals surface area (Å²) >= 11 is 1.43. The number of rotatable bonds is 2. The van der Waals surface area contributed by atoms with Crippen molar-refractivity contribution in [2.45, 2.75) is 44.4 Å². The first-order valence-electron chi connectivity index (χ1n) is 6.77. The standard InChI is InChI=1S/C13H20N2OS/c16-13-14-12-10(5-4-6-11(12)17-13)9-15-7-2-1-3-8-15/h10H,1-9H2,(H,14,16)/t10-/m0/s1. The number of nitrogens with zero attached hydrogens (tertiary/aromatic N) is 1. The molecule has 0 bridgehead atoms. The lowest BCUT2D eigenvalue weighted by molar-refractivity contribution is 0.208. The van der Waals surface area contributed by atoms with Crippen LogP contribution < -0.4 is 4.87 Å². The van der Waals surface area contributed by atoms with E-state index in [-0.39, 0.29) is 4.87 Å². The molecule has 3 rings (SSSR count).